The number of nitrogens with zero attached hydrogens (tertiary/aromatic N) is 3. The Bertz CT molecular complexity index is 1370. The van der Waals surface area contributed by atoms with Crippen LogP contribution in [0.1, 0.15) is 33.5 Å². The van der Waals surface area contributed by atoms with Crippen LogP contribution >= 0.6 is 0 Å². The van der Waals surface area contributed by atoms with Crippen molar-refractivity contribution in [3.8, 4) is 6.07 Å². The van der Waals surface area contributed by atoms with Crippen LogP contribution in [0, 0.1) is 32.1 Å². The Morgan fingerprint density at radius 1 is 1.00 bits per heavy atom. The van der Waals surface area contributed by atoms with Gasteiger partial charge in [-0.3, -0.25) is 9.62 Å². The summed E-state index contributed by atoms with van der Waals surface area (Å²) in [5.74, 6) is -3.88. The smallest absolute Gasteiger partial charge is 0.478 e. The predicted octanol–water partition coefficient (Wildman–Crippen LogP) is 3.78. The topological polar surface area (TPSA) is 151 Å². The number of aryl methyl sites for hydroxylation is 3. The number of piperazine rings is 1. The van der Waals surface area contributed by atoms with Gasteiger partial charge in [-0.25, -0.2) is 18.0 Å². The number of nitriles is 1. The summed E-state index contributed by atoms with van der Waals surface area (Å²) in [6, 6.07) is 10.1. The second kappa shape index (κ2) is 12.8. The average Bonchev–Trinajstić information content (AvgIpc) is 2.84. The van der Waals surface area contributed by atoms with Crippen LogP contribution in [-0.4, -0.2) is 74.4 Å². The normalized spacial score (nSPS) is 14.1. The van der Waals surface area contributed by atoms with E-state index in [0.29, 0.717) is 37.3 Å². The third-order valence-corrected chi connectivity index (χ3v) is 7.57. The summed E-state index contributed by atoms with van der Waals surface area (Å²) in [6.45, 7) is 9.01. The molecule has 0 saturated carbocycles. The average molecular weight is 571 g/mol. The number of alkyl halides is 3. The number of aliphatic carboxylic acids is 1. The van der Waals surface area contributed by atoms with E-state index in [1.807, 2.05) is 24.8 Å². The van der Waals surface area contributed by atoms with Crippen molar-refractivity contribution in [3.63, 3.8) is 0 Å². The molecule has 3 N–H and O–H groups in total. The number of hydrogen-bond donors (Lipinski definition) is 3. The zero-order valence-electron chi connectivity index (χ0n) is 21.5. The first-order chi connectivity index (χ1) is 18.1. The van der Waals surface area contributed by atoms with Crippen molar-refractivity contribution in [1.82, 2.24) is 4.90 Å². The molecule has 1 saturated heterocycles. The van der Waals surface area contributed by atoms with Gasteiger partial charge in [0.25, 0.3) is 10.0 Å². The van der Waals surface area contributed by atoms with Crippen molar-refractivity contribution in [1.29, 1.82) is 5.26 Å². The molecule has 10 nitrogen and oxygen atoms in total. The number of aromatic carboxylic acids is 1. The van der Waals surface area contributed by atoms with E-state index in [1.54, 1.807) is 19.1 Å². The standard InChI is InChI=1S/C23H28N4O4S.C2HF3O2/c1-16-13-18(3)22(14-17(16)2)32(30,31)25-20-15-19(23(28)29)5-6-21(20)27-11-9-26(10-12-27)8-4-7-24;3-2(4,5)1(6)7/h5-6,13-15,25H,4,8-12H2,1-3H3,(H,28,29);(H,6,7). The van der Waals surface area contributed by atoms with Gasteiger partial charge in [-0.2, -0.15) is 18.4 Å². The summed E-state index contributed by atoms with van der Waals surface area (Å²) in [5.41, 5.74) is 3.39. The Labute approximate surface area is 224 Å². The Hall–Kier alpha value is -3.83. The highest BCUT2D eigenvalue weighted by molar-refractivity contribution is 7.92. The summed E-state index contributed by atoms with van der Waals surface area (Å²) >= 11 is 0. The van der Waals surface area contributed by atoms with Gasteiger partial charge in [-0.05, 0) is 61.7 Å². The van der Waals surface area contributed by atoms with Gasteiger partial charge < -0.3 is 15.1 Å². The number of carboxylic acids is 2. The number of hydrogen-bond acceptors (Lipinski definition) is 7. The van der Waals surface area contributed by atoms with E-state index in [1.165, 1.54) is 12.1 Å². The Balaban J connectivity index is 0.000000673. The Morgan fingerprint density at radius 2 is 1.56 bits per heavy atom. The van der Waals surface area contributed by atoms with Crippen molar-refractivity contribution in [2.24, 2.45) is 0 Å². The number of rotatable bonds is 7. The number of nitrogens with one attached hydrogen (secondary N) is 1. The molecule has 14 heteroatoms. The first kappa shape index (κ1) is 31.4. The molecule has 0 spiro atoms. The molecule has 3 rings (SSSR count). The van der Waals surface area contributed by atoms with Gasteiger partial charge in [0.1, 0.15) is 0 Å². The van der Waals surface area contributed by atoms with Crippen LogP contribution in [0.4, 0.5) is 24.5 Å². The molecule has 0 aromatic heterocycles. The predicted molar refractivity (Wildman–Crippen MR) is 137 cm³/mol. The quantitative estimate of drug-likeness (QED) is 0.452. The monoisotopic (exact) mass is 570 g/mol. The molecule has 212 valence electrons. The second-order valence-electron chi connectivity index (χ2n) is 8.88. The van der Waals surface area contributed by atoms with E-state index in [9.17, 15) is 31.5 Å². The van der Waals surface area contributed by atoms with Gasteiger partial charge in [0, 0.05) is 39.1 Å². The lowest BCUT2D eigenvalue weighted by atomic mass is 10.1. The van der Waals surface area contributed by atoms with Gasteiger partial charge in [0.2, 0.25) is 0 Å². The minimum Gasteiger partial charge on any atom is -0.478 e. The SMILES string of the molecule is Cc1cc(C)c(S(=O)(=O)Nc2cc(C(=O)O)ccc2N2CCN(CCC#N)CC2)cc1C.O=C(O)C(F)(F)F. The van der Waals surface area contributed by atoms with Crippen LogP contribution in [0.3, 0.4) is 0 Å². The molecule has 0 amide bonds. The van der Waals surface area contributed by atoms with Crippen LogP contribution in [0.15, 0.2) is 35.2 Å². The highest BCUT2D eigenvalue weighted by Gasteiger charge is 2.38. The first-order valence-electron chi connectivity index (χ1n) is 11.7. The highest BCUT2D eigenvalue weighted by atomic mass is 32.2. The molecule has 2 aromatic carbocycles. The van der Waals surface area contributed by atoms with Crippen molar-refractivity contribution in [2.75, 3.05) is 42.3 Å². The number of anilines is 2. The maximum atomic E-state index is 13.3. The molecule has 0 radical (unpaired) electrons. The van der Waals surface area contributed by atoms with Crippen LogP contribution < -0.4 is 9.62 Å². The van der Waals surface area contributed by atoms with Crippen LogP contribution in [-0.2, 0) is 14.8 Å². The van der Waals surface area contributed by atoms with E-state index in [-0.39, 0.29) is 16.1 Å². The Morgan fingerprint density at radius 3 is 2.08 bits per heavy atom. The lowest BCUT2D eigenvalue weighted by Gasteiger charge is -2.36. The summed E-state index contributed by atoms with van der Waals surface area (Å²) < 4.78 is 60.9. The van der Waals surface area contributed by atoms with E-state index < -0.39 is 28.1 Å². The zero-order valence-corrected chi connectivity index (χ0v) is 22.4. The largest absolute Gasteiger partial charge is 0.490 e. The van der Waals surface area contributed by atoms with E-state index in [0.717, 1.165) is 24.2 Å². The molecule has 1 aliphatic rings. The van der Waals surface area contributed by atoms with Crippen molar-refractivity contribution < 1.29 is 41.4 Å². The molecule has 2 aromatic rings. The first-order valence-corrected chi connectivity index (χ1v) is 13.2. The summed E-state index contributed by atoms with van der Waals surface area (Å²) in [6.07, 6.45) is -4.62. The molecule has 1 aliphatic heterocycles. The molecule has 1 heterocycles. The van der Waals surface area contributed by atoms with E-state index in [2.05, 4.69) is 15.7 Å². The third kappa shape index (κ3) is 8.59. The minimum atomic E-state index is -5.08. The van der Waals surface area contributed by atoms with Gasteiger partial charge >= 0.3 is 18.1 Å². The molecule has 39 heavy (non-hydrogen) atoms. The number of carbonyl (C=O) groups is 2. The molecule has 0 unspecified atom stereocenters. The minimum absolute atomic E-state index is 0.0101. The summed E-state index contributed by atoms with van der Waals surface area (Å²) in [7, 11) is -3.93. The van der Waals surface area contributed by atoms with Crippen LogP contribution in [0.5, 0.6) is 0 Å². The van der Waals surface area contributed by atoms with Gasteiger partial charge in [0.05, 0.1) is 27.9 Å². The van der Waals surface area contributed by atoms with Crippen LogP contribution in [0.2, 0.25) is 0 Å². The Kier molecular flexibility index (Phi) is 10.3. The molecule has 0 bridgehead atoms. The molecule has 0 aliphatic carbocycles. The van der Waals surface area contributed by atoms with Crippen molar-refractivity contribution in [2.45, 2.75) is 38.3 Å². The fourth-order valence-electron chi connectivity index (χ4n) is 3.87. The zero-order chi connectivity index (χ0) is 29.5. The van der Waals surface area contributed by atoms with Gasteiger partial charge in [-0.1, -0.05) is 6.07 Å². The maximum Gasteiger partial charge on any atom is 0.490 e. The van der Waals surface area contributed by atoms with Gasteiger partial charge in [-0.15, -0.1) is 0 Å². The molecular weight excluding hydrogens is 541 g/mol. The molecular formula is C25H29F3N4O6S. The van der Waals surface area contributed by atoms with Crippen molar-refractivity contribution >= 4 is 33.3 Å². The second-order valence-corrected chi connectivity index (χ2v) is 10.5. The lowest BCUT2D eigenvalue weighted by Crippen LogP contribution is -2.46. The summed E-state index contributed by atoms with van der Waals surface area (Å²) in [4.78, 5) is 24.8. The molecule has 1 fully saturated rings. The highest BCUT2D eigenvalue weighted by Crippen LogP contribution is 2.31. The fourth-order valence-corrected chi connectivity index (χ4v) is 5.25. The summed E-state index contributed by atoms with van der Waals surface area (Å²) in [5, 5.41) is 25.3. The van der Waals surface area contributed by atoms with Crippen LogP contribution in [0.25, 0.3) is 0 Å². The maximum absolute atomic E-state index is 13.3. The molecule has 0 atom stereocenters. The van der Waals surface area contributed by atoms with Crippen molar-refractivity contribution in [3.05, 3.63) is 52.6 Å². The third-order valence-electron chi connectivity index (χ3n) is 6.06. The lowest BCUT2D eigenvalue weighted by molar-refractivity contribution is -0.192. The number of carboxylic acid groups (broad SMARTS) is 2. The number of sulfonamides is 1. The van der Waals surface area contributed by atoms with E-state index >= 15 is 0 Å². The number of benzene rings is 2. The number of halogens is 3. The van der Waals surface area contributed by atoms with Gasteiger partial charge in [0.15, 0.2) is 0 Å². The van der Waals surface area contributed by atoms with E-state index in [4.69, 9.17) is 15.2 Å². The fraction of sp³-hybridized carbons (Fsp3) is 0.400.